The standard InChI is InChI=1S/C17H27N3/c1-5-14(3)20-16(18-4)19-12-17(10-11-17)15-9-7-6-8-13(15)2/h6-9,14H,5,10-12H2,1-4H3,(H2,18,19,20). The number of rotatable bonds is 5. The molecule has 3 nitrogen and oxygen atoms in total. The molecule has 0 aromatic heterocycles. The van der Waals surface area contributed by atoms with Gasteiger partial charge in [0.15, 0.2) is 5.96 Å². The van der Waals surface area contributed by atoms with E-state index in [1.807, 2.05) is 7.05 Å². The van der Waals surface area contributed by atoms with Gasteiger partial charge in [0.25, 0.3) is 0 Å². The summed E-state index contributed by atoms with van der Waals surface area (Å²) in [7, 11) is 1.84. The first-order valence-electron chi connectivity index (χ1n) is 7.64. The van der Waals surface area contributed by atoms with Crippen molar-refractivity contribution in [3.05, 3.63) is 35.4 Å². The van der Waals surface area contributed by atoms with Crippen LogP contribution in [0.5, 0.6) is 0 Å². The van der Waals surface area contributed by atoms with Crippen LogP contribution in [0.25, 0.3) is 0 Å². The second-order valence-electron chi connectivity index (χ2n) is 5.97. The first-order chi connectivity index (χ1) is 9.61. The fraction of sp³-hybridized carbons (Fsp3) is 0.588. The molecule has 20 heavy (non-hydrogen) atoms. The van der Waals surface area contributed by atoms with E-state index >= 15 is 0 Å². The number of aryl methyl sites for hydroxylation is 1. The number of nitrogens with one attached hydrogen (secondary N) is 2. The fourth-order valence-corrected chi connectivity index (χ4v) is 2.64. The number of nitrogens with zero attached hydrogens (tertiary/aromatic N) is 1. The molecule has 0 heterocycles. The molecular weight excluding hydrogens is 246 g/mol. The predicted octanol–water partition coefficient (Wildman–Crippen LogP) is 2.99. The second-order valence-corrected chi connectivity index (χ2v) is 5.97. The Hall–Kier alpha value is -1.51. The summed E-state index contributed by atoms with van der Waals surface area (Å²) in [5.41, 5.74) is 3.21. The Balaban J connectivity index is 1.98. The summed E-state index contributed by atoms with van der Waals surface area (Å²) in [5.74, 6) is 0.916. The lowest BCUT2D eigenvalue weighted by Gasteiger charge is -2.22. The van der Waals surface area contributed by atoms with Gasteiger partial charge in [-0.25, -0.2) is 0 Å². The molecule has 1 aromatic rings. The Labute approximate surface area is 122 Å². The van der Waals surface area contributed by atoms with Gasteiger partial charge in [-0.1, -0.05) is 31.2 Å². The van der Waals surface area contributed by atoms with E-state index in [2.05, 4.69) is 60.7 Å². The average Bonchev–Trinajstić information content (AvgIpc) is 3.24. The van der Waals surface area contributed by atoms with Gasteiger partial charge in [0.05, 0.1) is 0 Å². The van der Waals surface area contributed by atoms with Gasteiger partial charge in [-0.15, -0.1) is 0 Å². The van der Waals surface area contributed by atoms with Crippen molar-refractivity contribution in [3.8, 4) is 0 Å². The fourth-order valence-electron chi connectivity index (χ4n) is 2.64. The number of hydrogen-bond donors (Lipinski definition) is 2. The summed E-state index contributed by atoms with van der Waals surface area (Å²) in [6.07, 6.45) is 3.64. The van der Waals surface area contributed by atoms with Crippen molar-refractivity contribution < 1.29 is 0 Å². The SMILES string of the molecule is CCC(C)NC(=NC)NCC1(c2ccccc2C)CC1. The highest BCUT2D eigenvalue weighted by molar-refractivity contribution is 5.80. The van der Waals surface area contributed by atoms with Crippen molar-refractivity contribution in [1.29, 1.82) is 0 Å². The van der Waals surface area contributed by atoms with E-state index in [1.165, 1.54) is 24.0 Å². The van der Waals surface area contributed by atoms with E-state index in [0.29, 0.717) is 11.5 Å². The Morgan fingerprint density at radius 2 is 2.05 bits per heavy atom. The van der Waals surface area contributed by atoms with Gasteiger partial charge in [0.1, 0.15) is 0 Å². The van der Waals surface area contributed by atoms with Crippen LogP contribution in [-0.2, 0) is 5.41 Å². The van der Waals surface area contributed by atoms with Crippen LogP contribution in [0, 0.1) is 6.92 Å². The minimum absolute atomic E-state index is 0.318. The molecule has 1 aromatic carbocycles. The Bertz CT molecular complexity index is 475. The Morgan fingerprint density at radius 1 is 1.35 bits per heavy atom. The molecule has 110 valence electrons. The van der Waals surface area contributed by atoms with Gasteiger partial charge in [-0.05, 0) is 44.2 Å². The molecule has 0 aliphatic heterocycles. The highest BCUT2D eigenvalue weighted by Crippen LogP contribution is 2.48. The lowest BCUT2D eigenvalue weighted by molar-refractivity contribution is 0.600. The summed E-state index contributed by atoms with van der Waals surface area (Å²) >= 11 is 0. The average molecular weight is 273 g/mol. The second kappa shape index (κ2) is 6.29. The molecule has 2 N–H and O–H groups in total. The topological polar surface area (TPSA) is 36.4 Å². The lowest BCUT2D eigenvalue weighted by atomic mass is 9.92. The van der Waals surface area contributed by atoms with Crippen LogP contribution in [0.1, 0.15) is 44.2 Å². The smallest absolute Gasteiger partial charge is 0.191 e. The van der Waals surface area contributed by atoms with Crippen LogP contribution in [0.3, 0.4) is 0 Å². The van der Waals surface area contributed by atoms with Crippen LogP contribution in [0.15, 0.2) is 29.3 Å². The van der Waals surface area contributed by atoms with E-state index in [9.17, 15) is 0 Å². The maximum absolute atomic E-state index is 4.32. The summed E-state index contributed by atoms with van der Waals surface area (Å²) < 4.78 is 0. The van der Waals surface area contributed by atoms with Crippen LogP contribution in [0.2, 0.25) is 0 Å². The number of guanidine groups is 1. The molecule has 1 fully saturated rings. The van der Waals surface area contributed by atoms with Crippen molar-refractivity contribution in [2.24, 2.45) is 4.99 Å². The van der Waals surface area contributed by atoms with Crippen molar-refractivity contribution in [1.82, 2.24) is 10.6 Å². The van der Waals surface area contributed by atoms with E-state index in [0.717, 1.165) is 18.9 Å². The van der Waals surface area contributed by atoms with Gasteiger partial charge in [-0.3, -0.25) is 4.99 Å². The molecule has 0 spiro atoms. The van der Waals surface area contributed by atoms with E-state index in [-0.39, 0.29) is 0 Å². The van der Waals surface area contributed by atoms with Crippen LogP contribution in [0.4, 0.5) is 0 Å². The van der Waals surface area contributed by atoms with E-state index < -0.39 is 0 Å². The zero-order valence-electron chi connectivity index (χ0n) is 13.2. The highest BCUT2D eigenvalue weighted by Gasteiger charge is 2.44. The third-order valence-corrected chi connectivity index (χ3v) is 4.38. The molecule has 3 heteroatoms. The molecule has 0 bridgehead atoms. The Kier molecular flexibility index (Phi) is 4.69. The molecule has 1 aliphatic rings. The van der Waals surface area contributed by atoms with Crippen molar-refractivity contribution >= 4 is 5.96 Å². The molecule has 1 unspecified atom stereocenters. The maximum Gasteiger partial charge on any atom is 0.191 e. The van der Waals surface area contributed by atoms with Crippen LogP contribution >= 0.6 is 0 Å². The van der Waals surface area contributed by atoms with Crippen molar-refractivity contribution in [2.75, 3.05) is 13.6 Å². The molecule has 0 saturated heterocycles. The van der Waals surface area contributed by atoms with Crippen LogP contribution < -0.4 is 10.6 Å². The predicted molar refractivity (Wildman–Crippen MR) is 86.3 cm³/mol. The van der Waals surface area contributed by atoms with Gasteiger partial charge in [0, 0.05) is 25.0 Å². The molecule has 1 atom stereocenters. The summed E-state index contributed by atoms with van der Waals surface area (Å²) in [4.78, 5) is 4.32. The maximum atomic E-state index is 4.32. The Morgan fingerprint density at radius 3 is 2.60 bits per heavy atom. The summed E-state index contributed by atoms with van der Waals surface area (Å²) in [5, 5.41) is 6.92. The third kappa shape index (κ3) is 3.33. The number of benzene rings is 1. The molecule has 1 saturated carbocycles. The zero-order chi connectivity index (χ0) is 14.6. The third-order valence-electron chi connectivity index (χ3n) is 4.38. The quantitative estimate of drug-likeness (QED) is 0.639. The van der Waals surface area contributed by atoms with E-state index in [1.54, 1.807) is 0 Å². The minimum atomic E-state index is 0.318. The van der Waals surface area contributed by atoms with Crippen LogP contribution in [-0.4, -0.2) is 25.6 Å². The minimum Gasteiger partial charge on any atom is -0.356 e. The molecule has 0 amide bonds. The first-order valence-corrected chi connectivity index (χ1v) is 7.64. The zero-order valence-corrected chi connectivity index (χ0v) is 13.2. The summed E-state index contributed by atoms with van der Waals surface area (Å²) in [6, 6.07) is 9.20. The van der Waals surface area contributed by atoms with E-state index in [4.69, 9.17) is 0 Å². The van der Waals surface area contributed by atoms with Gasteiger partial charge in [0.2, 0.25) is 0 Å². The summed E-state index contributed by atoms with van der Waals surface area (Å²) in [6.45, 7) is 7.54. The lowest BCUT2D eigenvalue weighted by Crippen LogP contribution is -2.44. The molecule has 2 rings (SSSR count). The van der Waals surface area contributed by atoms with Gasteiger partial charge in [-0.2, -0.15) is 0 Å². The molecule has 0 radical (unpaired) electrons. The number of hydrogen-bond acceptors (Lipinski definition) is 1. The first kappa shape index (κ1) is 14.9. The van der Waals surface area contributed by atoms with Gasteiger partial charge >= 0.3 is 0 Å². The molecule has 1 aliphatic carbocycles. The largest absolute Gasteiger partial charge is 0.356 e. The highest BCUT2D eigenvalue weighted by atomic mass is 15.2. The van der Waals surface area contributed by atoms with Crippen molar-refractivity contribution in [3.63, 3.8) is 0 Å². The van der Waals surface area contributed by atoms with Gasteiger partial charge < -0.3 is 10.6 Å². The monoisotopic (exact) mass is 273 g/mol. The normalized spacial score (nSPS) is 18.5. The number of aliphatic imine (C=N–C) groups is 1. The molecular formula is C17H27N3. The van der Waals surface area contributed by atoms with Crippen molar-refractivity contribution in [2.45, 2.75) is 51.5 Å².